The van der Waals surface area contributed by atoms with Crippen LogP contribution < -0.4 is 5.32 Å². The minimum Gasteiger partial charge on any atom is -0.307 e. The molecular weight excluding hydrogens is 292 g/mol. The average molecular weight is 305 g/mol. The van der Waals surface area contributed by atoms with Crippen molar-refractivity contribution in [3.63, 3.8) is 0 Å². The van der Waals surface area contributed by atoms with Gasteiger partial charge in [0.25, 0.3) is 0 Å². The first-order valence-electron chi connectivity index (χ1n) is 6.25. The number of fused-ring (bicyclic) bond motifs is 4. The van der Waals surface area contributed by atoms with Crippen LogP contribution >= 0.6 is 15.9 Å². The molecule has 2 aliphatic heterocycles. The molecule has 92 valence electrons. The van der Waals surface area contributed by atoms with Crippen molar-refractivity contribution in [3.05, 3.63) is 34.2 Å². The van der Waals surface area contributed by atoms with E-state index in [4.69, 9.17) is 0 Å². The highest BCUT2D eigenvalue weighted by Crippen LogP contribution is 2.40. The Kier molecular flexibility index (Phi) is 2.32. The average Bonchev–Trinajstić information content (AvgIpc) is 2.95. The number of aromatic nitrogens is 3. The summed E-state index contributed by atoms with van der Waals surface area (Å²) in [4.78, 5) is 4.23. The second-order valence-corrected chi connectivity index (χ2v) is 5.97. The third kappa shape index (κ3) is 1.54. The molecule has 5 heteroatoms. The van der Waals surface area contributed by atoms with Crippen molar-refractivity contribution in [1.82, 2.24) is 20.5 Å². The molecule has 0 amide bonds. The molecule has 2 bridgehead atoms. The van der Waals surface area contributed by atoms with E-state index >= 15 is 0 Å². The third-order valence-corrected chi connectivity index (χ3v) is 4.33. The summed E-state index contributed by atoms with van der Waals surface area (Å²) >= 11 is 3.47. The fraction of sp³-hybridized carbons (Fsp3) is 0.385. The van der Waals surface area contributed by atoms with E-state index in [-0.39, 0.29) is 0 Å². The molecule has 1 saturated heterocycles. The summed E-state index contributed by atoms with van der Waals surface area (Å²) in [5.41, 5.74) is 4.78. The van der Waals surface area contributed by atoms with Gasteiger partial charge in [0.2, 0.25) is 0 Å². The van der Waals surface area contributed by atoms with Gasteiger partial charge in [-0.05, 0) is 34.8 Å². The Balaban J connectivity index is 1.86. The molecule has 1 fully saturated rings. The van der Waals surface area contributed by atoms with E-state index in [2.05, 4.69) is 42.5 Å². The molecule has 0 aliphatic carbocycles. The van der Waals surface area contributed by atoms with Crippen LogP contribution in [0.25, 0.3) is 11.3 Å². The Morgan fingerprint density at radius 3 is 3.11 bits per heavy atom. The molecule has 2 aromatic heterocycles. The van der Waals surface area contributed by atoms with Gasteiger partial charge in [0.05, 0.1) is 5.69 Å². The topological polar surface area (TPSA) is 53.6 Å². The molecule has 4 heterocycles. The molecule has 4 nitrogen and oxygen atoms in total. The first-order valence-corrected chi connectivity index (χ1v) is 7.04. The number of nitrogens with one attached hydrogen (secondary N) is 2. The van der Waals surface area contributed by atoms with Crippen LogP contribution in [0.15, 0.2) is 22.9 Å². The van der Waals surface area contributed by atoms with E-state index in [1.54, 1.807) is 6.20 Å². The van der Waals surface area contributed by atoms with Crippen LogP contribution in [0, 0.1) is 0 Å². The highest BCUT2D eigenvalue weighted by atomic mass is 79.9. The zero-order valence-corrected chi connectivity index (χ0v) is 11.4. The van der Waals surface area contributed by atoms with Crippen molar-refractivity contribution in [2.75, 3.05) is 0 Å². The fourth-order valence-corrected chi connectivity index (χ4v) is 3.50. The number of H-pyrrole nitrogens is 1. The van der Waals surface area contributed by atoms with Crippen molar-refractivity contribution < 1.29 is 0 Å². The van der Waals surface area contributed by atoms with Gasteiger partial charge in [-0.15, -0.1) is 0 Å². The highest BCUT2D eigenvalue weighted by molar-refractivity contribution is 9.10. The lowest BCUT2D eigenvalue weighted by molar-refractivity contribution is 0.511. The molecule has 2 N–H and O–H groups in total. The molecule has 0 unspecified atom stereocenters. The van der Waals surface area contributed by atoms with Crippen molar-refractivity contribution in [2.24, 2.45) is 0 Å². The van der Waals surface area contributed by atoms with Crippen LogP contribution in [0.4, 0.5) is 0 Å². The first kappa shape index (κ1) is 10.7. The van der Waals surface area contributed by atoms with Gasteiger partial charge < -0.3 is 5.32 Å². The molecule has 18 heavy (non-hydrogen) atoms. The zero-order chi connectivity index (χ0) is 12.1. The smallest absolute Gasteiger partial charge is 0.0987 e. The van der Waals surface area contributed by atoms with E-state index in [0.717, 1.165) is 22.2 Å². The van der Waals surface area contributed by atoms with E-state index in [9.17, 15) is 0 Å². The van der Waals surface area contributed by atoms with Gasteiger partial charge >= 0.3 is 0 Å². The quantitative estimate of drug-likeness (QED) is 0.851. The maximum atomic E-state index is 4.50. The summed E-state index contributed by atoms with van der Waals surface area (Å²) in [7, 11) is 0. The number of pyridine rings is 1. The van der Waals surface area contributed by atoms with Gasteiger partial charge in [-0.2, -0.15) is 5.10 Å². The van der Waals surface area contributed by atoms with E-state index < -0.39 is 0 Å². The Bertz CT molecular complexity index is 607. The van der Waals surface area contributed by atoms with Crippen LogP contribution in [0.2, 0.25) is 0 Å². The van der Waals surface area contributed by atoms with Crippen LogP contribution in [0.5, 0.6) is 0 Å². The predicted molar refractivity (Wildman–Crippen MR) is 72.1 cm³/mol. The maximum absolute atomic E-state index is 4.50. The molecule has 2 atom stereocenters. The lowest BCUT2D eigenvalue weighted by atomic mass is 9.97. The molecule has 0 aromatic carbocycles. The summed E-state index contributed by atoms with van der Waals surface area (Å²) in [6.45, 7) is 0. The van der Waals surface area contributed by atoms with Crippen molar-refractivity contribution in [1.29, 1.82) is 0 Å². The molecule has 2 aliphatic rings. The summed E-state index contributed by atoms with van der Waals surface area (Å²) in [6, 6.07) is 3.17. The number of hydrogen-bond donors (Lipinski definition) is 2. The van der Waals surface area contributed by atoms with Gasteiger partial charge in [0.15, 0.2) is 0 Å². The van der Waals surface area contributed by atoms with Gasteiger partial charge in [0.1, 0.15) is 0 Å². The number of aromatic amines is 1. The normalized spacial score (nSPS) is 25.2. The number of rotatable bonds is 1. The molecule has 0 saturated carbocycles. The van der Waals surface area contributed by atoms with E-state index in [1.165, 1.54) is 24.1 Å². The highest BCUT2D eigenvalue weighted by Gasteiger charge is 2.35. The fourth-order valence-electron chi connectivity index (χ4n) is 3.13. The molecule has 4 rings (SSSR count). The second-order valence-electron chi connectivity index (χ2n) is 5.05. The van der Waals surface area contributed by atoms with Crippen LogP contribution in [-0.4, -0.2) is 21.2 Å². The Hall–Kier alpha value is -1.20. The molecule has 0 radical (unpaired) electrons. The van der Waals surface area contributed by atoms with E-state index in [1.807, 2.05) is 6.20 Å². The summed E-state index contributed by atoms with van der Waals surface area (Å²) in [5, 5.41) is 11.4. The summed E-state index contributed by atoms with van der Waals surface area (Å²) in [6.07, 6.45) is 7.23. The second kappa shape index (κ2) is 3.90. The van der Waals surface area contributed by atoms with Gasteiger partial charge in [-0.25, -0.2) is 0 Å². The maximum Gasteiger partial charge on any atom is 0.0987 e. The van der Waals surface area contributed by atoms with Gasteiger partial charge in [-0.1, -0.05) is 0 Å². The SMILES string of the molecule is Brc1cncc(-c2n[nH]c3c2[C@@H]2CC[C@@H](C3)N2)c1. The Morgan fingerprint density at radius 2 is 2.22 bits per heavy atom. The van der Waals surface area contributed by atoms with E-state index in [0.29, 0.717) is 12.1 Å². The molecule has 2 aromatic rings. The van der Waals surface area contributed by atoms with Crippen molar-refractivity contribution in [3.8, 4) is 11.3 Å². The minimum atomic E-state index is 0.464. The summed E-state index contributed by atoms with van der Waals surface area (Å²) < 4.78 is 0.991. The lowest BCUT2D eigenvalue weighted by Gasteiger charge is -2.21. The zero-order valence-electron chi connectivity index (χ0n) is 9.78. The monoisotopic (exact) mass is 304 g/mol. The number of hydrogen-bond acceptors (Lipinski definition) is 3. The Labute approximate surface area is 113 Å². The number of halogens is 1. The van der Waals surface area contributed by atoms with Crippen LogP contribution in [0.1, 0.15) is 30.1 Å². The van der Waals surface area contributed by atoms with Gasteiger partial charge in [0, 0.05) is 52.2 Å². The van der Waals surface area contributed by atoms with Gasteiger partial charge in [-0.3, -0.25) is 10.1 Å². The lowest BCUT2D eigenvalue weighted by Crippen LogP contribution is -2.31. The largest absolute Gasteiger partial charge is 0.307 e. The molecular formula is C13H13BrN4. The van der Waals surface area contributed by atoms with Crippen molar-refractivity contribution in [2.45, 2.75) is 31.3 Å². The minimum absolute atomic E-state index is 0.464. The van der Waals surface area contributed by atoms with Crippen LogP contribution in [0.3, 0.4) is 0 Å². The number of nitrogens with zero attached hydrogens (tertiary/aromatic N) is 2. The Morgan fingerprint density at radius 1 is 1.28 bits per heavy atom. The first-order chi connectivity index (χ1) is 8.81. The molecule has 0 spiro atoms. The summed E-state index contributed by atoms with van der Waals surface area (Å²) in [5.74, 6) is 0. The van der Waals surface area contributed by atoms with Crippen molar-refractivity contribution >= 4 is 15.9 Å². The predicted octanol–water partition coefficient (Wildman–Crippen LogP) is 2.58. The third-order valence-electron chi connectivity index (χ3n) is 3.90. The standard InChI is InChI=1S/C13H13BrN4/c14-8-3-7(5-15-6-8)13-12-10-2-1-9(16-10)4-11(12)17-18-13/h3,5-6,9-10,16H,1-2,4H2,(H,17,18)/t9-,10-/m0/s1. The van der Waals surface area contributed by atoms with Crippen LogP contribution in [-0.2, 0) is 6.42 Å².